The minimum Gasteiger partial charge on any atom is -0.490 e. The summed E-state index contributed by atoms with van der Waals surface area (Å²) in [6.45, 7) is 10.4. The molecule has 1 heterocycles. The maximum absolute atomic E-state index is 5.75. The zero-order valence-corrected chi connectivity index (χ0v) is 16.0. The Morgan fingerprint density at radius 1 is 1.24 bits per heavy atom. The number of aliphatic imine (C=N–C) groups is 1. The summed E-state index contributed by atoms with van der Waals surface area (Å²) in [4.78, 5) is 7.01. The average Bonchev–Trinajstić information content (AvgIpc) is 2.86. The Morgan fingerprint density at radius 3 is 2.72 bits per heavy atom. The lowest BCUT2D eigenvalue weighted by Crippen LogP contribution is -2.33. The van der Waals surface area contributed by atoms with E-state index in [9.17, 15) is 0 Å². The molecule has 2 N–H and O–H groups in total. The van der Waals surface area contributed by atoms with E-state index in [1.165, 1.54) is 0 Å². The molecule has 6 heteroatoms. The minimum absolute atomic E-state index is 0.576. The first-order chi connectivity index (χ1) is 12.1. The van der Waals surface area contributed by atoms with Crippen molar-refractivity contribution in [2.45, 2.75) is 39.7 Å². The lowest BCUT2D eigenvalue weighted by molar-refractivity contribution is 0.259. The first-order valence-corrected chi connectivity index (χ1v) is 9.29. The van der Waals surface area contributed by atoms with Gasteiger partial charge in [-0.15, -0.1) is 0 Å². The maximum atomic E-state index is 5.75. The number of rotatable bonds is 7. The fourth-order valence-electron chi connectivity index (χ4n) is 2.54. The van der Waals surface area contributed by atoms with Gasteiger partial charge in [-0.3, -0.25) is 4.99 Å². The Balaban J connectivity index is 1.98. The molecule has 1 unspecified atom stereocenters. The molecular weight excluding hydrogens is 316 g/mol. The first-order valence-electron chi connectivity index (χ1n) is 9.29. The molecule has 0 spiro atoms. The van der Waals surface area contributed by atoms with Crippen LogP contribution in [0.2, 0.25) is 0 Å². The summed E-state index contributed by atoms with van der Waals surface area (Å²) in [5.41, 5.74) is 0.944. The fourth-order valence-corrected chi connectivity index (χ4v) is 2.54. The molecule has 2 rings (SSSR count). The predicted molar refractivity (Wildman–Crippen MR) is 104 cm³/mol. The summed E-state index contributed by atoms with van der Waals surface area (Å²) in [5, 5.41) is 6.64. The molecule has 140 valence electrons. The predicted octanol–water partition coefficient (Wildman–Crippen LogP) is 2.96. The molecule has 25 heavy (non-hydrogen) atoms. The molecule has 0 fully saturated rings. The van der Waals surface area contributed by atoms with E-state index >= 15 is 0 Å². The van der Waals surface area contributed by atoms with Crippen molar-refractivity contribution in [3.8, 4) is 11.5 Å². The minimum atomic E-state index is 0.576. The van der Waals surface area contributed by atoms with Crippen LogP contribution < -0.4 is 20.1 Å². The molecule has 1 atom stereocenters. The van der Waals surface area contributed by atoms with Crippen LogP contribution in [0.3, 0.4) is 0 Å². The van der Waals surface area contributed by atoms with Gasteiger partial charge in [0.05, 0.1) is 19.8 Å². The van der Waals surface area contributed by atoms with Crippen molar-refractivity contribution in [3.05, 3.63) is 18.2 Å². The van der Waals surface area contributed by atoms with Gasteiger partial charge in [0.25, 0.3) is 0 Å². The zero-order chi connectivity index (χ0) is 18.1. The van der Waals surface area contributed by atoms with Crippen LogP contribution in [0.1, 0.15) is 33.6 Å². The maximum Gasteiger partial charge on any atom is 0.195 e. The molecule has 0 radical (unpaired) electrons. The van der Waals surface area contributed by atoms with Crippen molar-refractivity contribution in [1.82, 2.24) is 10.2 Å². The summed E-state index contributed by atoms with van der Waals surface area (Å²) in [6.07, 6.45) is 2.06. The highest BCUT2D eigenvalue weighted by molar-refractivity contribution is 5.93. The molecule has 0 saturated carbocycles. The van der Waals surface area contributed by atoms with Crippen LogP contribution in [0.25, 0.3) is 0 Å². The summed E-state index contributed by atoms with van der Waals surface area (Å²) in [6, 6.07) is 6.49. The van der Waals surface area contributed by atoms with Crippen molar-refractivity contribution in [1.29, 1.82) is 0 Å². The second kappa shape index (κ2) is 10.1. The lowest BCUT2D eigenvalue weighted by atomic mass is 10.2. The highest BCUT2D eigenvalue weighted by atomic mass is 16.5. The highest BCUT2D eigenvalue weighted by Crippen LogP contribution is 2.32. The first kappa shape index (κ1) is 19.4. The number of anilines is 1. The molecule has 1 aromatic carbocycles. The molecule has 0 amide bonds. The molecule has 1 aromatic rings. The van der Waals surface area contributed by atoms with Crippen molar-refractivity contribution < 1.29 is 9.47 Å². The van der Waals surface area contributed by atoms with Gasteiger partial charge in [-0.25, -0.2) is 0 Å². The topological polar surface area (TPSA) is 58.1 Å². The second-order valence-corrected chi connectivity index (χ2v) is 6.34. The van der Waals surface area contributed by atoms with E-state index in [4.69, 9.17) is 9.47 Å². The third-order valence-corrected chi connectivity index (χ3v) is 4.42. The Kier molecular flexibility index (Phi) is 7.85. The average molecular weight is 348 g/mol. The smallest absolute Gasteiger partial charge is 0.195 e. The SMILES string of the molecule is CCNC(=NCCN(C)C(C)CC)Nc1ccc2c(c1)OCCCO2. The highest BCUT2D eigenvalue weighted by Gasteiger charge is 2.11. The fraction of sp³-hybridized carbons (Fsp3) is 0.632. The number of hydrogen-bond acceptors (Lipinski definition) is 4. The largest absolute Gasteiger partial charge is 0.490 e. The van der Waals surface area contributed by atoms with E-state index < -0.39 is 0 Å². The van der Waals surface area contributed by atoms with Gasteiger partial charge in [0, 0.05) is 37.3 Å². The number of nitrogens with zero attached hydrogens (tertiary/aromatic N) is 2. The van der Waals surface area contributed by atoms with Gasteiger partial charge >= 0.3 is 0 Å². The molecule has 6 nitrogen and oxygen atoms in total. The monoisotopic (exact) mass is 348 g/mol. The van der Waals surface area contributed by atoms with E-state index in [0.29, 0.717) is 19.3 Å². The van der Waals surface area contributed by atoms with Gasteiger partial charge < -0.3 is 25.0 Å². The molecular formula is C19H32N4O2. The van der Waals surface area contributed by atoms with Crippen LogP contribution in [-0.2, 0) is 0 Å². The van der Waals surface area contributed by atoms with Crippen LogP contribution >= 0.6 is 0 Å². The van der Waals surface area contributed by atoms with Gasteiger partial charge in [-0.05, 0) is 39.4 Å². The van der Waals surface area contributed by atoms with Crippen molar-refractivity contribution in [2.75, 3.05) is 45.2 Å². The van der Waals surface area contributed by atoms with Gasteiger partial charge in [0.2, 0.25) is 0 Å². The van der Waals surface area contributed by atoms with Crippen LogP contribution in [0, 0.1) is 0 Å². The normalized spacial score (nSPS) is 15.6. The van der Waals surface area contributed by atoms with Crippen molar-refractivity contribution in [2.24, 2.45) is 4.99 Å². The van der Waals surface area contributed by atoms with Crippen LogP contribution in [0.4, 0.5) is 5.69 Å². The van der Waals surface area contributed by atoms with Crippen molar-refractivity contribution in [3.63, 3.8) is 0 Å². The van der Waals surface area contributed by atoms with Gasteiger partial charge in [-0.1, -0.05) is 6.92 Å². The van der Waals surface area contributed by atoms with Gasteiger partial charge in [0.1, 0.15) is 0 Å². The summed E-state index contributed by atoms with van der Waals surface area (Å²) in [5.74, 6) is 2.38. The molecule has 1 aliphatic rings. The molecule has 0 saturated heterocycles. The van der Waals surface area contributed by atoms with E-state index in [0.717, 1.165) is 55.6 Å². The zero-order valence-electron chi connectivity index (χ0n) is 16.0. The number of fused-ring (bicyclic) bond motifs is 1. The molecule has 0 bridgehead atoms. The summed E-state index contributed by atoms with van der Waals surface area (Å²) in [7, 11) is 2.15. The number of benzene rings is 1. The molecule has 0 aliphatic carbocycles. The summed E-state index contributed by atoms with van der Waals surface area (Å²) >= 11 is 0. The van der Waals surface area contributed by atoms with Gasteiger partial charge in [-0.2, -0.15) is 0 Å². The van der Waals surface area contributed by atoms with E-state index in [-0.39, 0.29) is 0 Å². The standard InChI is InChI=1S/C19H32N4O2/c1-5-15(3)23(4)11-10-21-19(20-6-2)22-16-8-9-17-18(14-16)25-13-7-12-24-17/h8-9,14-15H,5-7,10-13H2,1-4H3,(H2,20,21,22). The number of nitrogens with one attached hydrogen (secondary N) is 2. The Labute approximate surface area is 151 Å². The number of guanidine groups is 1. The Hall–Kier alpha value is -1.95. The molecule has 0 aromatic heterocycles. The van der Waals surface area contributed by atoms with E-state index in [1.807, 2.05) is 18.2 Å². The third-order valence-electron chi connectivity index (χ3n) is 4.42. The van der Waals surface area contributed by atoms with Gasteiger partial charge in [0.15, 0.2) is 17.5 Å². The van der Waals surface area contributed by atoms with Crippen LogP contribution in [-0.4, -0.2) is 56.8 Å². The quantitative estimate of drug-likeness (QED) is 0.586. The molecule has 1 aliphatic heterocycles. The summed E-state index contributed by atoms with van der Waals surface area (Å²) < 4.78 is 11.4. The van der Waals surface area contributed by atoms with Crippen LogP contribution in [0.5, 0.6) is 11.5 Å². The van der Waals surface area contributed by atoms with Crippen LogP contribution in [0.15, 0.2) is 23.2 Å². The third kappa shape index (κ3) is 6.12. The number of ether oxygens (including phenoxy) is 2. The van der Waals surface area contributed by atoms with Crippen molar-refractivity contribution >= 4 is 11.6 Å². The van der Waals surface area contributed by atoms with E-state index in [1.54, 1.807) is 0 Å². The lowest BCUT2D eigenvalue weighted by Gasteiger charge is -2.22. The Morgan fingerprint density at radius 2 is 2.00 bits per heavy atom. The number of hydrogen-bond donors (Lipinski definition) is 2. The second-order valence-electron chi connectivity index (χ2n) is 6.34. The van der Waals surface area contributed by atoms with E-state index in [2.05, 4.69) is 48.3 Å². The number of likely N-dealkylation sites (N-methyl/N-ethyl adjacent to an activating group) is 1. The Bertz CT molecular complexity index is 562.